The molecule has 1 atom stereocenters. The Bertz CT molecular complexity index is 349. The van der Waals surface area contributed by atoms with E-state index < -0.39 is 0 Å². The molecule has 3 nitrogen and oxygen atoms in total. The van der Waals surface area contributed by atoms with Crippen molar-refractivity contribution in [3.63, 3.8) is 0 Å². The molecule has 1 aliphatic heterocycles. The molecule has 0 saturated heterocycles. The summed E-state index contributed by atoms with van der Waals surface area (Å²) < 4.78 is 4.73. The van der Waals surface area contributed by atoms with Crippen LogP contribution in [0.3, 0.4) is 0 Å². The number of nitrogens with one attached hydrogen (secondary N) is 1. The molecule has 0 amide bonds. The number of fused-ring (bicyclic) bond motifs is 1. The predicted molar refractivity (Wildman–Crippen MR) is 54.1 cm³/mol. The second kappa shape index (κ2) is 3.70. The van der Waals surface area contributed by atoms with Crippen molar-refractivity contribution in [1.29, 1.82) is 0 Å². The molecular weight excluding hydrogens is 178 g/mol. The molecule has 1 aliphatic rings. The van der Waals surface area contributed by atoms with E-state index in [1.807, 2.05) is 24.3 Å². The van der Waals surface area contributed by atoms with Crippen LogP contribution in [-0.4, -0.2) is 19.6 Å². The van der Waals surface area contributed by atoms with Gasteiger partial charge in [-0.3, -0.25) is 4.79 Å². The molecular formula is C11H13NO2. The zero-order valence-electron chi connectivity index (χ0n) is 8.12. The van der Waals surface area contributed by atoms with E-state index >= 15 is 0 Å². The van der Waals surface area contributed by atoms with Gasteiger partial charge in [0.25, 0.3) is 0 Å². The summed E-state index contributed by atoms with van der Waals surface area (Å²) in [5.74, 6) is -0.179. The number of rotatable bonds is 1. The molecule has 0 unspecified atom stereocenters. The molecule has 3 heteroatoms. The topological polar surface area (TPSA) is 38.3 Å². The molecule has 0 fully saturated rings. The van der Waals surface area contributed by atoms with E-state index in [1.54, 1.807) is 0 Å². The van der Waals surface area contributed by atoms with Crippen molar-refractivity contribution in [2.24, 2.45) is 5.92 Å². The maximum atomic E-state index is 11.3. The zero-order valence-corrected chi connectivity index (χ0v) is 8.12. The first kappa shape index (κ1) is 9.06. The Kier molecular flexibility index (Phi) is 2.39. The molecule has 0 saturated carbocycles. The van der Waals surface area contributed by atoms with Crippen LogP contribution in [0, 0.1) is 5.92 Å². The van der Waals surface area contributed by atoms with Gasteiger partial charge >= 0.3 is 5.97 Å². The average molecular weight is 191 g/mol. The molecule has 1 N–H and O–H groups in total. The highest BCUT2D eigenvalue weighted by atomic mass is 16.5. The van der Waals surface area contributed by atoms with Gasteiger partial charge in [0, 0.05) is 12.2 Å². The van der Waals surface area contributed by atoms with E-state index in [9.17, 15) is 4.79 Å². The lowest BCUT2D eigenvalue weighted by Crippen LogP contribution is -2.30. The lowest BCUT2D eigenvalue weighted by molar-refractivity contribution is -0.145. The summed E-state index contributed by atoms with van der Waals surface area (Å²) in [6.07, 6.45) is 0.774. The second-order valence-electron chi connectivity index (χ2n) is 3.46. The van der Waals surface area contributed by atoms with Crippen LogP contribution in [0.5, 0.6) is 0 Å². The number of ether oxygens (including phenoxy) is 1. The van der Waals surface area contributed by atoms with Gasteiger partial charge in [0.2, 0.25) is 0 Å². The second-order valence-corrected chi connectivity index (χ2v) is 3.46. The minimum Gasteiger partial charge on any atom is -0.469 e. The fraction of sp³-hybridized carbons (Fsp3) is 0.364. The molecule has 0 spiro atoms. The first-order valence-corrected chi connectivity index (χ1v) is 4.71. The van der Waals surface area contributed by atoms with Crippen molar-refractivity contribution < 1.29 is 9.53 Å². The summed E-state index contributed by atoms with van der Waals surface area (Å²) >= 11 is 0. The number of anilines is 1. The molecule has 1 aromatic rings. The van der Waals surface area contributed by atoms with E-state index in [-0.39, 0.29) is 11.9 Å². The van der Waals surface area contributed by atoms with Crippen LogP contribution in [0.2, 0.25) is 0 Å². The number of carbonyl (C=O) groups excluding carboxylic acids is 1. The standard InChI is InChI=1S/C11H13NO2/c1-14-11(13)9-6-8-4-2-3-5-10(8)12-7-9/h2-5,9,12H,6-7H2,1H3/t9-/m1/s1. The van der Waals surface area contributed by atoms with Gasteiger partial charge in [-0.1, -0.05) is 18.2 Å². The van der Waals surface area contributed by atoms with Crippen molar-refractivity contribution in [3.05, 3.63) is 29.8 Å². The highest BCUT2D eigenvalue weighted by Crippen LogP contribution is 2.24. The van der Waals surface area contributed by atoms with Crippen molar-refractivity contribution >= 4 is 11.7 Å². The van der Waals surface area contributed by atoms with Gasteiger partial charge in [0.1, 0.15) is 0 Å². The molecule has 2 rings (SSSR count). The SMILES string of the molecule is COC(=O)[C@H]1CNc2ccccc2C1. The fourth-order valence-corrected chi connectivity index (χ4v) is 1.77. The first-order valence-electron chi connectivity index (χ1n) is 4.71. The molecule has 0 bridgehead atoms. The summed E-state index contributed by atoms with van der Waals surface area (Å²) in [5.41, 5.74) is 2.32. The Morgan fingerprint density at radius 3 is 3.07 bits per heavy atom. The zero-order chi connectivity index (χ0) is 9.97. The molecule has 0 aromatic heterocycles. The van der Waals surface area contributed by atoms with E-state index in [0.717, 1.165) is 12.1 Å². The number of para-hydroxylation sites is 1. The van der Waals surface area contributed by atoms with Crippen LogP contribution in [0.4, 0.5) is 5.69 Å². The van der Waals surface area contributed by atoms with Gasteiger partial charge in [-0.25, -0.2) is 0 Å². The minimum absolute atomic E-state index is 0.0464. The number of hydrogen-bond donors (Lipinski definition) is 1. The highest BCUT2D eigenvalue weighted by molar-refractivity contribution is 5.75. The number of esters is 1. The van der Waals surface area contributed by atoms with Crippen molar-refractivity contribution in [2.75, 3.05) is 19.0 Å². The molecule has 1 heterocycles. The maximum Gasteiger partial charge on any atom is 0.310 e. The van der Waals surface area contributed by atoms with Crippen molar-refractivity contribution in [2.45, 2.75) is 6.42 Å². The van der Waals surface area contributed by atoms with Gasteiger partial charge in [0.05, 0.1) is 13.0 Å². The predicted octanol–water partition coefficient (Wildman–Crippen LogP) is 1.44. The summed E-state index contributed by atoms with van der Waals surface area (Å²) in [6, 6.07) is 8.05. The lowest BCUT2D eigenvalue weighted by Gasteiger charge is -2.24. The fourth-order valence-electron chi connectivity index (χ4n) is 1.77. The van der Waals surface area contributed by atoms with Crippen molar-refractivity contribution in [3.8, 4) is 0 Å². The molecule has 0 radical (unpaired) electrons. The number of carbonyl (C=O) groups is 1. The van der Waals surface area contributed by atoms with Gasteiger partial charge in [-0.2, -0.15) is 0 Å². The van der Waals surface area contributed by atoms with Crippen LogP contribution >= 0.6 is 0 Å². The number of benzene rings is 1. The van der Waals surface area contributed by atoms with Crippen LogP contribution in [0.1, 0.15) is 5.56 Å². The van der Waals surface area contributed by atoms with E-state index in [1.165, 1.54) is 12.7 Å². The van der Waals surface area contributed by atoms with Crippen LogP contribution in [0.15, 0.2) is 24.3 Å². The summed E-state index contributed by atoms with van der Waals surface area (Å²) in [4.78, 5) is 11.3. The van der Waals surface area contributed by atoms with Gasteiger partial charge in [-0.15, -0.1) is 0 Å². The molecule has 1 aromatic carbocycles. The largest absolute Gasteiger partial charge is 0.469 e. The third-order valence-electron chi connectivity index (χ3n) is 2.56. The average Bonchev–Trinajstić information content (AvgIpc) is 2.27. The Labute approximate surface area is 83.1 Å². The normalized spacial score (nSPS) is 19.4. The Balaban J connectivity index is 2.17. The number of methoxy groups -OCH3 is 1. The lowest BCUT2D eigenvalue weighted by atomic mass is 9.94. The molecule has 74 valence electrons. The quantitative estimate of drug-likeness (QED) is 0.683. The van der Waals surface area contributed by atoms with Crippen LogP contribution in [0.25, 0.3) is 0 Å². The van der Waals surface area contributed by atoms with E-state index in [4.69, 9.17) is 4.74 Å². The third kappa shape index (κ3) is 1.58. The van der Waals surface area contributed by atoms with E-state index in [0.29, 0.717) is 6.54 Å². The molecule has 0 aliphatic carbocycles. The number of hydrogen-bond acceptors (Lipinski definition) is 3. The highest BCUT2D eigenvalue weighted by Gasteiger charge is 2.24. The maximum absolute atomic E-state index is 11.3. The van der Waals surface area contributed by atoms with Crippen molar-refractivity contribution in [1.82, 2.24) is 0 Å². The Hall–Kier alpha value is -1.51. The van der Waals surface area contributed by atoms with E-state index in [2.05, 4.69) is 5.32 Å². The first-order chi connectivity index (χ1) is 6.81. The monoisotopic (exact) mass is 191 g/mol. The smallest absolute Gasteiger partial charge is 0.310 e. The summed E-state index contributed by atoms with van der Waals surface area (Å²) in [5, 5.41) is 3.23. The summed E-state index contributed by atoms with van der Waals surface area (Å²) in [6.45, 7) is 0.670. The minimum atomic E-state index is -0.132. The van der Waals surface area contributed by atoms with Crippen LogP contribution < -0.4 is 5.32 Å². The summed E-state index contributed by atoms with van der Waals surface area (Å²) in [7, 11) is 1.43. The Morgan fingerprint density at radius 1 is 1.50 bits per heavy atom. The van der Waals surface area contributed by atoms with Crippen LogP contribution in [-0.2, 0) is 16.0 Å². The third-order valence-corrected chi connectivity index (χ3v) is 2.56. The van der Waals surface area contributed by atoms with Gasteiger partial charge in [-0.05, 0) is 18.1 Å². The molecule has 14 heavy (non-hydrogen) atoms. The Morgan fingerprint density at radius 2 is 2.29 bits per heavy atom. The van der Waals surface area contributed by atoms with Gasteiger partial charge in [0.15, 0.2) is 0 Å². The van der Waals surface area contributed by atoms with Gasteiger partial charge < -0.3 is 10.1 Å².